The second-order valence-corrected chi connectivity index (χ2v) is 6.19. The van der Waals surface area contributed by atoms with E-state index < -0.39 is 0 Å². The van der Waals surface area contributed by atoms with E-state index in [2.05, 4.69) is 43.0 Å². The highest BCUT2D eigenvalue weighted by atomic mass is 16.5. The average Bonchev–Trinajstić information content (AvgIpc) is 2.64. The maximum Gasteiger partial charge on any atom is 0.118 e. The number of benzene rings is 2. The van der Waals surface area contributed by atoms with Crippen molar-refractivity contribution in [2.24, 2.45) is 0 Å². The molecule has 0 bridgehead atoms. The predicted molar refractivity (Wildman–Crippen MR) is 102 cm³/mol. The Hall–Kier alpha value is -2.20. The van der Waals surface area contributed by atoms with Crippen molar-refractivity contribution in [3.63, 3.8) is 0 Å². The van der Waals surface area contributed by atoms with Crippen molar-refractivity contribution in [1.82, 2.24) is 0 Å². The van der Waals surface area contributed by atoms with E-state index in [1.165, 1.54) is 50.5 Å². The summed E-state index contributed by atoms with van der Waals surface area (Å²) >= 11 is 0. The lowest BCUT2D eigenvalue weighted by Crippen LogP contribution is -1.87. The van der Waals surface area contributed by atoms with Gasteiger partial charge in [0.15, 0.2) is 0 Å². The van der Waals surface area contributed by atoms with E-state index in [4.69, 9.17) is 4.74 Å². The molecule has 126 valence electrons. The van der Waals surface area contributed by atoms with E-state index in [1.807, 2.05) is 24.3 Å². The molecule has 0 radical (unpaired) electrons. The minimum absolute atomic E-state index is 0.861. The van der Waals surface area contributed by atoms with Gasteiger partial charge in [-0.3, -0.25) is 0 Å². The predicted octanol–water partition coefficient (Wildman–Crippen LogP) is 6.00. The number of aryl methyl sites for hydroxylation is 1. The highest BCUT2D eigenvalue weighted by molar-refractivity contribution is 5.44. The first-order chi connectivity index (χ1) is 11.8. The summed E-state index contributed by atoms with van der Waals surface area (Å²) in [6.45, 7) is 2.26. The summed E-state index contributed by atoms with van der Waals surface area (Å²) in [6, 6.07) is 16.5. The van der Waals surface area contributed by atoms with Gasteiger partial charge < -0.3 is 4.74 Å². The molecule has 0 spiro atoms. The Bertz CT molecular complexity index is 641. The van der Waals surface area contributed by atoms with Gasteiger partial charge in [-0.15, -0.1) is 0 Å². The Morgan fingerprint density at radius 2 is 1.25 bits per heavy atom. The largest absolute Gasteiger partial charge is 0.497 e. The SMILES string of the molecule is CCCCCCCCc1ccc(C#Cc2ccc(OC)cc2)cc1. The molecule has 24 heavy (non-hydrogen) atoms. The highest BCUT2D eigenvalue weighted by Gasteiger charge is 1.95. The van der Waals surface area contributed by atoms with Gasteiger partial charge >= 0.3 is 0 Å². The maximum absolute atomic E-state index is 5.16. The van der Waals surface area contributed by atoms with Crippen LogP contribution in [-0.2, 0) is 6.42 Å². The van der Waals surface area contributed by atoms with Crippen LogP contribution in [-0.4, -0.2) is 7.11 Å². The van der Waals surface area contributed by atoms with E-state index in [1.54, 1.807) is 7.11 Å². The summed E-state index contributed by atoms with van der Waals surface area (Å²) in [6.07, 6.45) is 9.27. The molecule has 0 heterocycles. The zero-order chi connectivity index (χ0) is 17.0. The topological polar surface area (TPSA) is 9.23 Å². The molecule has 0 aliphatic carbocycles. The van der Waals surface area contributed by atoms with Gasteiger partial charge in [0, 0.05) is 11.1 Å². The zero-order valence-electron chi connectivity index (χ0n) is 15.0. The average molecular weight is 320 g/mol. The van der Waals surface area contributed by atoms with Gasteiger partial charge in [-0.25, -0.2) is 0 Å². The molecular weight excluding hydrogens is 292 g/mol. The fourth-order valence-corrected chi connectivity index (χ4v) is 2.68. The molecule has 2 aromatic carbocycles. The van der Waals surface area contributed by atoms with Gasteiger partial charge in [0.25, 0.3) is 0 Å². The van der Waals surface area contributed by atoms with E-state index in [-0.39, 0.29) is 0 Å². The van der Waals surface area contributed by atoms with Gasteiger partial charge in [-0.1, -0.05) is 63.0 Å². The molecule has 0 aromatic heterocycles. The molecule has 0 saturated carbocycles. The standard InChI is InChI=1S/C23H28O/c1-3-4-5-6-7-8-9-20-10-12-21(13-11-20)14-15-22-16-18-23(24-2)19-17-22/h10-13,16-19H,3-9H2,1-2H3. The minimum atomic E-state index is 0.861. The van der Waals surface area contributed by atoms with Crippen LogP contribution in [0.3, 0.4) is 0 Å². The maximum atomic E-state index is 5.16. The number of hydrogen-bond acceptors (Lipinski definition) is 1. The molecule has 0 fully saturated rings. The van der Waals surface area contributed by atoms with Gasteiger partial charge in [0.05, 0.1) is 7.11 Å². The Kier molecular flexibility index (Phi) is 7.98. The van der Waals surface area contributed by atoms with Crippen LogP contribution >= 0.6 is 0 Å². The third-order valence-corrected chi connectivity index (χ3v) is 4.21. The first-order valence-corrected chi connectivity index (χ1v) is 9.07. The lowest BCUT2D eigenvalue weighted by Gasteiger charge is -2.02. The second-order valence-electron chi connectivity index (χ2n) is 6.19. The number of hydrogen-bond donors (Lipinski definition) is 0. The van der Waals surface area contributed by atoms with E-state index >= 15 is 0 Å². The van der Waals surface area contributed by atoms with Crippen LogP contribution in [0.15, 0.2) is 48.5 Å². The summed E-state index contributed by atoms with van der Waals surface area (Å²) in [5, 5.41) is 0. The third-order valence-electron chi connectivity index (χ3n) is 4.21. The molecule has 0 unspecified atom stereocenters. The van der Waals surface area contributed by atoms with Crippen LogP contribution in [0.5, 0.6) is 5.75 Å². The lowest BCUT2D eigenvalue weighted by molar-refractivity contribution is 0.415. The Morgan fingerprint density at radius 3 is 1.83 bits per heavy atom. The van der Waals surface area contributed by atoms with Gasteiger partial charge in [-0.2, -0.15) is 0 Å². The molecule has 0 amide bonds. The van der Waals surface area contributed by atoms with Crippen molar-refractivity contribution in [2.45, 2.75) is 51.9 Å². The van der Waals surface area contributed by atoms with Crippen molar-refractivity contribution in [3.05, 3.63) is 65.2 Å². The van der Waals surface area contributed by atoms with Crippen molar-refractivity contribution in [1.29, 1.82) is 0 Å². The van der Waals surface area contributed by atoms with Crippen LogP contribution in [0, 0.1) is 11.8 Å². The minimum Gasteiger partial charge on any atom is -0.497 e. The molecule has 0 atom stereocenters. The summed E-state index contributed by atoms with van der Waals surface area (Å²) < 4.78 is 5.16. The van der Waals surface area contributed by atoms with Gasteiger partial charge in [0.2, 0.25) is 0 Å². The number of methoxy groups -OCH3 is 1. The molecule has 0 aliphatic rings. The van der Waals surface area contributed by atoms with Crippen LogP contribution in [0.2, 0.25) is 0 Å². The van der Waals surface area contributed by atoms with Crippen LogP contribution in [0.25, 0.3) is 0 Å². The van der Waals surface area contributed by atoms with E-state index in [9.17, 15) is 0 Å². The lowest BCUT2D eigenvalue weighted by atomic mass is 10.0. The third kappa shape index (κ3) is 6.50. The summed E-state index contributed by atoms with van der Waals surface area (Å²) in [5.41, 5.74) is 3.49. The van der Waals surface area contributed by atoms with Crippen molar-refractivity contribution >= 4 is 0 Å². The summed E-state index contributed by atoms with van der Waals surface area (Å²) in [5.74, 6) is 7.28. The Labute approximate surface area is 147 Å². The monoisotopic (exact) mass is 320 g/mol. The van der Waals surface area contributed by atoms with Crippen molar-refractivity contribution < 1.29 is 4.74 Å². The molecule has 1 nitrogen and oxygen atoms in total. The molecule has 0 N–H and O–H groups in total. The molecular formula is C23H28O. The van der Waals surface area contributed by atoms with Crippen molar-refractivity contribution in [2.75, 3.05) is 7.11 Å². The molecule has 1 heteroatoms. The molecule has 2 rings (SSSR count). The first kappa shape index (κ1) is 18.1. The van der Waals surface area contributed by atoms with E-state index in [0.29, 0.717) is 0 Å². The second kappa shape index (κ2) is 10.6. The Morgan fingerprint density at radius 1 is 0.708 bits per heavy atom. The van der Waals surface area contributed by atoms with Gasteiger partial charge in [0.1, 0.15) is 5.75 Å². The summed E-state index contributed by atoms with van der Waals surface area (Å²) in [4.78, 5) is 0. The van der Waals surface area contributed by atoms with Crippen molar-refractivity contribution in [3.8, 4) is 17.6 Å². The smallest absolute Gasteiger partial charge is 0.118 e. The number of ether oxygens (including phenoxy) is 1. The van der Waals surface area contributed by atoms with Gasteiger partial charge in [-0.05, 0) is 54.8 Å². The van der Waals surface area contributed by atoms with Crippen LogP contribution in [0.1, 0.15) is 62.1 Å². The fourth-order valence-electron chi connectivity index (χ4n) is 2.68. The first-order valence-electron chi connectivity index (χ1n) is 9.07. The van der Waals surface area contributed by atoms with E-state index in [0.717, 1.165) is 16.9 Å². The van der Waals surface area contributed by atoms with Crippen LogP contribution < -0.4 is 4.74 Å². The number of unbranched alkanes of at least 4 members (excludes halogenated alkanes) is 5. The quantitative estimate of drug-likeness (QED) is 0.428. The zero-order valence-corrected chi connectivity index (χ0v) is 15.0. The fraction of sp³-hybridized carbons (Fsp3) is 0.391. The number of rotatable bonds is 8. The molecule has 0 saturated heterocycles. The van der Waals surface area contributed by atoms with Crippen LogP contribution in [0.4, 0.5) is 0 Å². The molecule has 0 aliphatic heterocycles. The Balaban J connectivity index is 1.80. The normalized spacial score (nSPS) is 10.1. The summed E-state index contributed by atoms with van der Waals surface area (Å²) in [7, 11) is 1.67. The highest BCUT2D eigenvalue weighted by Crippen LogP contribution is 2.12. The molecule has 2 aromatic rings.